The SMILES string of the molecule is Cc1ccc2c([te]c3c4ccccc4ccc23)c1C(C)(C)C. The van der Waals surface area contributed by atoms with Crippen molar-refractivity contribution in [2.45, 2.75) is 33.1 Å². The van der Waals surface area contributed by atoms with E-state index in [0.717, 1.165) is 0 Å². The van der Waals surface area contributed by atoms with Gasteiger partial charge in [0.05, 0.1) is 0 Å². The molecular weight excluding hydrogens is 380 g/mol. The summed E-state index contributed by atoms with van der Waals surface area (Å²) in [6.07, 6.45) is 0. The summed E-state index contributed by atoms with van der Waals surface area (Å²) in [6.45, 7) is 9.33. The van der Waals surface area contributed by atoms with E-state index in [2.05, 4.69) is 76.2 Å². The van der Waals surface area contributed by atoms with Crippen molar-refractivity contribution in [3.63, 3.8) is 0 Å². The minimum atomic E-state index is -0.317. The van der Waals surface area contributed by atoms with Crippen LogP contribution < -0.4 is 0 Å². The summed E-state index contributed by atoms with van der Waals surface area (Å²) in [6, 6.07) is 18.2. The molecule has 4 rings (SSSR count). The number of benzene rings is 3. The van der Waals surface area contributed by atoms with Gasteiger partial charge in [-0.3, -0.25) is 0 Å². The van der Waals surface area contributed by atoms with Crippen LogP contribution in [0.15, 0.2) is 48.5 Å². The van der Waals surface area contributed by atoms with Crippen molar-refractivity contribution in [3.05, 3.63) is 59.7 Å². The van der Waals surface area contributed by atoms with Crippen molar-refractivity contribution in [2.24, 2.45) is 0 Å². The van der Waals surface area contributed by atoms with Gasteiger partial charge in [-0.25, -0.2) is 0 Å². The molecule has 0 saturated heterocycles. The van der Waals surface area contributed by atoms with Crippen LogP contribution in [0.4, 0.5) is 0 Å². The standard InChI is InChI=1S/C21H20Te/c1-13-9-11-17-16-12-10-14-7-5-6-8-15(14)19(16)22-20(17)18(13)21(2,3)4/h5-12H,1-4H3. The normalized spacial score (nSPS) is 12.5. The molecule has 0 unspecified atom stereocenters. The number of fused-ring (bicyclic) bond motifs is 5. The molecule has 0 aliphatic carbocycles. The Bertz CT molecular complexity index is 1010. The zero-order valence-corrected chi connectivity index (χ0v) is 15.9. The van der Waals surface area contributed by atoms with Crippen LogP contribution in [0.25, 0.3) is 28.3 Å². The van der Waals surface area contributed by atoms with E-state index >= 15 is 0 Å². The molecule has 110 valence electrons. The first-order valence-electron chi connectivity index (χ1n) is 7.81. The Morgan fingerprint density at radius 3 is 2.18 bits per heavy atom. The summed E-state index contributed by atoms with van der Waals surface area (Å²) in [4.78, 5) is 0. The van der Waals surface area contributed by atoms with Gasteiger partial charge in [0, 0.05) is 0 Å². The van der Waals surface area contributed by atoms with E-state index in [-0.39, 0.29) is 25.8 Å². The van der Waals surface area contributed by atoms with Gasteiger partial charge in [0.1, 0.15) is 0 Å². The zero-order chi connectivity index (χ0) is 15.5. The van der Waals surface area contributed by atoms with E-state index in [1.54, 1.807) is 12.4 Å². The third-order valence-corrected chi connectivity index (χ3v) is 8.12. The molecule has 1 aromatic heterocycles. The molecule has 1 heteroatoms. The molecule has 0 aliphatic heterocycles. The van der Waals surface area contributed by atoms with Gasteiger partial charge in [0.25, 0.3) is 0 Å². The van der Waals surface area contributed by atoms with Gasteiger partial charge in [0.15, 0.2) is 0 Å². The van der Waals surface area contributed by atoms with Crippen molar-refractivity contribution in [3.8, 4) is 0 Å². The zero-order valence-electron chi connectivity index (χ0n) is 13.5. The summed E-state index contributed by atoms with van der Waals surface area (Å²) in [5.74, 6) is 0. The molecule has 3 aromatic carbocycles. The third kappa shape index (κ3) is 2.03. The second-order valence-electron chi connectivity index (χ2n) is 7.15. The molecule has 0 bridgehead atoms. The Hall–Kier alpha value is -1.29. The van der Waals surface area contributed by atoms with Crippen molar-refractivity contribution in [1.29, 1.82) is 0 Å². The number of aryl methyl sites for hydroxylation is 1. The first kappa shape index (κ1) is 14.3. The molecule has 0 fully saturated rings. The second kappa shape index (κ2) is 4.85. The molecule has 0 amide bonds. The number of hydrogen-bond donors (Lipinski definition) is 0. The molecule has 0 nitrogen and oxygen atoms in total. The Morgan fingerprint density at radius 1 is 0.727 bits per heavy atom. The molecule has 0 spiro atoms. The predicted octanol–water partition coefficient (Wildman–Crippen LogP) is 5.81. The van der Waals surface area contributed by atoms with Gasteiger partial charge < -0.3 is 0 Å². The number of rotatable bonds is 0. The summed E-state index contributed by atoms with van der Waals surface area (Å²) in [5, 5.41) is 5.84. The fourth-order valence-electron chi connectivity index (χ4n) is 3.60. The quantitative estimate of drug-likeness (QED) is 0.327. The maximum absolute atomic E-state index is 2.35. The topological polar surface area (TPSA) is 0 Å². The van der Waals surface area contributed by atoms with Crippen LogP contribution in [-0.2, 0) is 5.41 Å². The van der Waals surface area contributed by atoms with Crippen LogP contribution in [0, 0.1) is 6.92 Å². The van der Waals surface area contributed by atoms with Crippen molar-refractivity contribution >= 4 is 48.8 Å². The van der Waals surface area contributed by atoms with E-state index in [1.807, 2.05) is 0 Å². The first-order valence-corrected chi connectivity index (χ1v) is 10.1. The van der Waals surface area contributed by atoms with Gasteiger partial charge in [0.2, 0.25) is 0 Å². The van der Waals surface area contributed by atoms with E-state index in [1.165, 1.54) is 27.1 Å². The van der Waals surface area contributed by atoms with Crippen LogP contribution in [0.2, 0.25) is 0 Å². The third-order valence-electron chi connectivity index (χ3n) is 4.49. The molecule has 4 aromatic rings. The summed E-state index contributed by atoms with van der Waals surface area (Å²) < 4.78 is 3.30. The molecule has 0 saturated carbocycles. The predicted molar refractivity (Wildman–Crippen MR) is 99.3 cm³/mol. The molecule has 0 radical (unpaired) electrons. The van der Waals surface area contributed by atoms with Gasteiger partial charge in [-0.2, -0.15) is 0 Å². The molecular formula is C21H20Te. The molecule has 1 heterocycles. The van der Waals surface area contributed by atoms with Crippen molar-refractivity contribution in [2.75, 3.05) is 0 Å². The van der Waals surface area contributed by atoms with Crippen LogP contribution in [0.3, 0.4) is 0 Å². The Kier molecular flexibility index (Phi) is 3.16. The summed E-state index contributed by atoms with van der Waals surface area (Å²) in [7, 11) is 0. The summed E-state index contributed by atoms with van der Waals surface area (Å²) in [5.41, 5.74) is 3.26. The molecule has 0 N–H and O–H groups in total. The number of hydrogen-bond acceptors (Lipinski definition) is 0. The Labute approximate surface area is 141 Å². The first-order chi connectivity index (χ1) is 10.5. The summed E-state index contributed by atoms with van der Waals surface area (Å²) >= 11 is -0.317. The van der Waals surface area contributed by atoms with E-state index in [4.69, 9.17) is 0 Å². The van der Waals surface area contributed by atoms with Gasteiger partial charge in [-0.05, 0) is 0 Å². The monoisotopic (exact) mass is 402 g/mol. The molecule has 0 atom stereocenters. The van der Waals surface area contributed by atoms with Gasteiger partial charge in [-0.15, -0.1) is 0 Å². The van der Waals surface area contributed by atoms with Crippen molar-refractivity contribution < 1.29 is 0 Å². The average molecular weight is 400 g/mol. The average Bonchev–Trinajstić information content (AvgIpc) is 2.84. The minimum absolute atomic E-state index is 0.220. The van der Waals surface area contributed by atoms with Crippen LogP contribution >= 0.6 is 0 Å². The van der Waals surface area contributed by atoms with E-state index < -0.39 is 0 Å². The fourth-order valence-corrected chi connectivity index (χ4v) is 8.29. The Morgan fingerprint density at radius 2 is 1.41 bits per heavy atom. The van der Waals surface area contributed by atoms with Crippen LogP contribution in [0.5, 0.6) is 0 Å². The van der Waals surface area contributed by atoms with Crippen molar-refractivity contribution in [1.82, 2.24) is 0 Å². The molecule has 22 heavy (non-hydrogen) atoms. The van der Waals surface area contributed by atoms with Gasteiger partial charge >= 0.3 is 142 Å². The van der Waals surface area contributed by atoms with Gasteiger partial charge in [-0.1, -0.05) is 0 Å². The Balaban J connectivity index is 2.24. The van der Waals surface area contributed by atoms with Crippen LogP contribution in [-0.4, -0.2) is 20.4 Å². The fraction of sp³-hybridized carbons (Fsp3) is 0.238. The van der Waals surface area contributed by atoms with E-state index in [0.29, 0.717) is 0 Å². The second-order valence-corrected chi connectivity index (χ2v) is 10.1. The molecule has 0 aliphatic rings. The maximum atomic E-state index is 2.35. The van der Waals surface area contributed by atoms with E-state index in [9.17, 15) is 0 Å². The van der Waals surface area contributed by atoms with Crippen LogP contribution in [0.1, 0.15) is 31.9 Å².